The third-order valence-corrected chi connectivity index (χ3v) is 1.70. The molecule has 0 heterocycles. The van der Waals surface area contributed by atoms with Crippen molar-refractivity contribution in [3.05, 3.63) is 0 Å². The van der Waals surface area contributed by atoms with Gasteiger partial charge in [-0.15, -0.1) is 0 Å². The standard InChI is InChI=1S/C6H13NO2.C3H3F3O/c1-4-6(2,7)5(8)9-3;4-3(5,6)1-2-7/h4,7H2,1-3H3;2H,1H2. The van der Waals surface area contributed by atoms with Gasteiger partial charge in [-0.1, -0.05) is 6.92 Å². The number of alkyl halides is 3. The number of aldehydes is 1. The second kappa shape index (κ2) is 7.21. The maximum atomic E-state index is 10.8. The van der Waals surface area contributed by atoms with E-state index in [-0.39, 0.29) is 12.3 Å². The Bertz CT molecular complexity index is 227. The second-order valence-corrected chi connectivity index (χ2v) is 3.25. The lowest BCUT2D eigenvalue weighted by molar-refractivity contribution is -0.146. The van der Waals surface area contributed by atoms with Gasteiger partial charge >= 0.3 is 12.1 Å². The van der Waals surface area contributed by atoms with Crippen LogP contribution >= 0.6 is 0 Å². The number of hydrogen-bond acceptors (Lipinski definition) is 4. The van der Waals surface area contributed by atoms with Gasteiger partial charge in [0, 0.05) is 0 Å². The van der Waals surface area contributed by atoms with Crippen LogP contribution in [0.4, 0.5) is 13.2 Å². The molecule has 0 spiro atoms. The van der Waals surface area contributed by atoms with Crippen molar-refractivity contribution >= 4 is 12.3 Å². The summed E-state index contributed by atoms with van der Waals surface area (Å²) >= 11 is 0. The molecule has 4 nitrogen and oxygen atoms in total. The highest BCUT2D eigenvalue weighted by atomic mass is 19.4. The molecular formula is C9H16F3NO3. The van der Waals surface area contributed by atoms with Crippen LogP contribution in [0.3, 0.4) is 0 Å². The smallest absolute Gasteiger partial charge is 0.395 e. The van der Waals surface area contributed by atoms with Crippen molar-refractivity contribution in [2.75, 3.05) is 7.11 Å². The maximum absolute atomic E-state index is 10.8. The van der Waals surface area contributed by atoms with E-state index in [4.69, 9.17) is 10.5 Å². The van der Waals surface area contributed by atoms with E-state index in [1.165, 1.54) is 7.11 Å². The Morgan fingerprint density at radius 2 is 1.88 bits per heavy atom. The number of halogens is 3. The van der Waals surface area contributed by atoms with Crippen molar-refractivity contribution < 1.29 is 27.5 Å². The monoisotopic (exact) mass is 243 g/mol. The highest BCUT2D eigenvalue weighted by Gasteiger charge is 2.26. The molecule has 1 atom stereocenters. The molecule has 0 radical (unpaired) electrons. The number of nitrogens with two attached hydrogens (primary N) is 1. The highest BCUT2D eigenvalue weighted by Crippen LogP contribution is 2.16. The average molecular weight is 243 g/mol. The van der Waals surface area contributed by atoms with Gasteiger partial charge in [-0.3, -0.25) is 4.79 Å². The van der Waals surface area contributed by atoms with Crippen molar-refractivity contribution in [2.45, 2.75) is 38.4 Å². The summed E-state index contributed by atoms with van der Waals surface area (Å²) in [6.07, 6.45) is -5.23. The van der Waals surface area contributed by atoms with Crippen LogP contribution in [-0.2, 0) is 14.3 Å². The largest absolute Gasteiger partial charge is 0.468 e. The molecule has 0 aromatic rings. The molecule has 0 saturated carbocycles. The first-order valence-electron chi connectivity index (χ1n) is 4.48. The van der Waals surface area contributed by atoms with E-state index < -0.39 is 18.1 Å². The van der Waals surface area contributed by atoms with Gasteiger partial charge in [-0.2, -0.15) is 13.2 Å². The van der Waals surface area contributed by atoms with Gasteiger partial charge < -0.3 is 15.3 Å². The summed E-state index contributed by atoms with van der Waals surface area (Å²) in [7, 11) is 1.34. The molecule has 0 aliphatic rings. The molecule has 0 fully saturated rings. The van der Waals surface area contributed by atoms with Gasteiger partial charge in [0.15, 0.2) is 0 Å². The second-order valence-electron chi connectivity index (χ2n) is 3.25. The lowest BCUT2D eigenvalue weighted by Gasteiger charge is -2.18. The number of hydrogen-bond donors (Lipinski definition) is 1. The summed E-state index contributed by atoms with van der Waals surface area (Å²) in [6, 6.07) is 0. The molecule has 2 N–H and O–H groups in total. The summed E-state index contributed by atoms with van der Waals surface area (Å²) in [5.74, 6) is -0.356. The summed E-state index contributed by atoms with van der Waals surface area (Å²) in [6.45, 7) is 3.50. The Balaban J connectivity index is 0. The van der Waals surface area contributed by atoms with E-state index in [0.29, 0.717) is 6.42 Å². The van der Waals surface area contributed by atoms with E-state index in [0.717, 1.165) is 0 Å². The van der Waals surface area contributed by atoms with Crippen LogP contribution in [0.25, 0.3) is 0 Å². The molecule has 0 aliphatic heterocycles. The third kappa shape index (κ3) is 9.45. The van der Waals surface area contributed by atoms with Crippen molar-refractivity contribution in [3.8, 4) is 0 Å². The Morgan fingerprint density at radius 3 is 1.94 bits per heavy atom. The van der Waals surface area contributed by atoms with Crippen LogP contribution in [0.5, 0.6) is 0 Å². The number of methoxy groups -OCH3 is 1. The minimum atomic E-state index is -4.32. The van der Waals surface area contributed by atoms with Crippen LogP contribution in [0.1, 0.15) is 26.7 Å². The highest BCUT2D eigenvalue weighted by molar-refractivity contribution is 5.79. The van der Waals surface area contributed by atoms with E-state index in [2.05, 4.69) is 4.74 Å². The van der Waals surface area contributed by atoms with Gasteiger partial charge in [0.05, 0.1) is 13.5 Å². The normalized spacial score (nSPS) is 14.2. The van der Waals surface area contributed by atoms with E-state index >= 15 is 0 Å². The van der Waals surface area contributed by atoms with Crippen LogP contribution in [-0.4, -0.2) is 31.1 Å². The Kier molecular flexibility index (Phi) is 7.79. The molecule has 16 heavy (non-hydrogen) atoms. The van der Waals surface area contributed by atoms with Crippen molar-refractivity contribution in [3.63, 3.8) is 0 Å². The summed E-state index contributed by atoms with van der Waals surface area (Å²) in [5.41, 5.74) is 4.68. The van der Waals surface area contributed by atoms with E-state index in [9.17, 15) is 18.0 Å². The van der Waals surface area contributed by atoms with Gasteiger partial charge in [-0.05, 0) is 13.3 Å². The number of rotatable bonds is 3. The molecule has 0 amide bonds. The molecule has 0 aliphatic carbocycles. The molecule has 0 saturated heterocycles. The molecular weight excluding hydrogens is 227 g/mol. The first-order chi connectivity index (χ1) is 7.10. The van der Waals surface area contributed by atoms with Crippen LogP contribution in [0.15, 0.2) is 0 Å². The van der Waals surface area contributed by atoms with Crippen molar-refractivity contribution in [1.29, 1.82) is 0 Å². The molecule has 0 bridgehead atoms. The zero-order valence-electron chi connectivity index (χ0n) is 9.43. The van der Waals surface area contributed by atoms with E-state index in [1.54, 1.807) is 6.92 Å². The number of ether oxygens (including phenoxy) is 1. The minimum Gasteiger partial charge on any atom is -0.468 e. The summed E-state index contributed by atoms with van der Waals surface area (Å²) < 4.78 is 36.9. The predicted octanol–water partition coefficient (Wildman–Crippen LogP) is 1.42. The molecule has 0 aromatic heterocycles. The third-order valence-electron chi connectivity index (χ3n) is 1.70. The predicted molar refractivity (Wildman–Crippen MR) is 51.6 cm³/mol. The molecule has 96 valence electrons. The summed E-state index contributed by atoms with van der Waals surface area (Å²) in [5, 5.41) is 0. The first-order valence-corrected chi connectivity index (χ1v) is 4.48. The lowest BCUT2D eigenvalue weighted by atomic mass is 10.0. The topological polar surface area (TPSA) is 69.4 Å². The Labute approximate surface area is 91.9 Å². The number of carbonyl (C=O) groups excluding carboxylic acids is 2. The number of esters is 1. The quantitative estimate of drug-likeness (QED) is 0.601. The molecule has 7 heteroatoms. The van der Waals surface area contributed by atoms with Gasteiger partial charge in [0.2, 0.25) is 0 Å². The Hall–Kier alpha value is -1.11. The fourth-order valence-corrected chi connectivity index (χ4v) is 0.472. The minimum absolute atomic E-state index is 0.167. The van der Waals surface area contributed by atoms with E-state index in [1.807, 2.05) is 6.92 Å². The first kappa shape index (κ1) is 17.3. The van der Waals surface area contributed by atoms with Gasteiger partial charge in [0.1, 0.15) is 11.8 Å². The molecule has 1 unspecified atom stereocenters. The average Bonchev–Trinajstić information content (AvgIpc) is 2.15. The van der Waals surface area contributed by atoms with Gasteiger partial charge in [-0.25, -0.2) is 0 Å². The van der Waals surface area contributed by atoms with Gasteiger partial charge in [0.25, 0.3) is 0 Å². The van der Waals surface area contributed by atoms with Crippen LogP contribution in [0.2, 0.25) is 0 Å². The fraction of sp³-hybridized carbons (Fsp3) is 0.778. The Morgan fingerprint density at radius 1 is 1.44 bits per heavy atom. The van der Waals surface area contributed by atoms with Crippen molar-refractivity contribution in [1.82, 2.24) is 0 Å². The fourth-order valence-electron chi connectivity index (χ4n) is 0.472. The zero-order valence-corrected chi connectivity index (χ0v) is 9.43. The number of carbonyl (C=O) groups is 2. The maximum Gasteiger partial charge on any atom is 0.395 e. The molecule has 0 aromatic carbocycles. The summed E-state index contributed by atoms with van der Waals surface area (Å²) in [4.78, 5) is 19.8. The van der Waals surface area contributed by atoms with Crippen molar-refractivity contribution in [2.24, 2.45) is 5.73 Å². The lowest BCUT2D eigenvalue weighted by Crippen LogP contribution is -2.44. The molecule has 0 rings (SSSR count). The SMILES string of the molecule is CCC(C)(N)C(=O)OC.O=CCC(F)(F)F. The van der Waals surface area contributed by atoms with Crippen LogP contribution in [0, 0.1) is 0 Å². The van der Waals surface area contributed by atoms with Crippen LogP contribution < -0.4 is 5.73 Å². The zero-order chi connectivity index (χ0) is 13.4.